The van der Waals surface area contributed by atoms with Crippen molar-refractivity contribution >= 4 is 11.8 Å². The van der Waals surface area contributed by atoms with Crippen molar-refractivity contribution in [3.63, 3.8) is 0 Å². The van der Waals surface area contributed by atoms with E-state index in [0.29, 0.717) is 5.76 Å². The lowest BCUT2D eigenvalue weighted by atomic mass is 10.2. The van der Waals surface area contributed by atoms with Gasteiger partial charge in [0.1, 0.15) is 11.5 Å². The maximum atomic E-state index is 11.8. The molecular formula is C15H19N3O4. The number of rotatable bonds is 6. The third-order valence-electron chi connectivity index (χ3n) is 3.16. The third kappa shape index (κ3) is 4.23. The maximum absolute atomic E-state index is 11.8. The Kier molecular flexibility index (Phi) is 5.37. The van der Waals surface area contributed by atoms with Crippen molar-refractivity contribution < 1.29 is 18.4 Å². The zero-order valence-corrected chi connectivity index (χ0v) is 12.5. The number of likely N-dealkylation sites (N-methyl/N-ethyl adjacent to an activating group) is 1. The van der Waals surface area contributed by atoms with Crippen LogP contribution in [-0.2, 0) is 16.1 Å². The number of furan rings is 2. The zero-order chi connectivity index (χ0) is 15.9. The quantitative estimate of drug-likeness (QED) is 0.775. The lowest BCUT2D eigenvalue weighted by molar-refractivity contribution is -0.139. The summed E-state index contributed by atoms with van der Waals surface area (Å²) in [6.45, 7) is 0.446. The molecule has 1 atom stereocenters. The van der Waals surface area contributed by atoms with Crippen molar-refractivity contribution in [2.75, 3.05) is 20.6 Å². The maximum Gasteiger partial charge on any atom is 0.309 e. The Labute approximate surface area is 128 Å². The molecular weight excluding hydrogens is 286 g/mol. The van der Waals surface area contributed by atoms with Gasteiger partial charge < -0.3 is 19.5 Å². The third-order valence-corrected chi connectivity index (χ3v) is 3.16. The van der Waals surface area contributed by atoms with Crippen LogP contribution in [0, 0.1) is 0 Å². The summed E-state index contributed by atoms with van der Waals surface area (Å²) in [7, 11) is 3.74. The number of nitrogens with zero attached hydrogens (tertiary/aromatic N) is 1. The second-order valence-corrected chi connectivity index (χ2v) is 4.97. The van der Waals surface area contributed by atoms with Gasteiger partial charge in [-0.05, 0) is 38.4 Å². The number of hydrogen-bond acceptors (Lipinski definition) is 5. The Hall–Kier alpha value is -2.54. The number of hydrogen-bond donors (Lipinski definition) is 2. The highest BCUT2D eigenvalue weighted by Crippen LogP contribution is 2.17. The molecule has 0 aliphatic carbocycles. The van der Waals surface area contributed by atoms with Gasteiger partial charge in [-0.25, -0.2) is 0 Å². The normalized spacial score (nSPS) is 12.1. The van der Waals surface area contributed by atoms with Gasteiger partial charge >= 0.3 is 11.8 Å². The molecule has 118 valence electrons. The van der Waals surface area contributed by atoms with E-state index >= 15 is 0 Å². The van der Waals surface area contributed by atoms with E-state index in [1.807, 2.05) is 25.1 Å². The molecule has 0 saturated heterocycles. The topological polar surface area (TPSA) is 87.7 Å². The first kappa shape index (κ1) is 15.8. The molecule has 0 aliphatic rings. The summed E-state index contributed by atoms with van der Waals surface area (Å²) in [4.78, 5) is 25.4. The molecule has 0 radical (unpaired) electrons. The van der Waals surface area contributed by atoms with Gasteiger partial charge in [0.25, 0.3) is 0 Å². The summed E-state index contributed by atoms with van der Waals surface area (Å²) in [6, 6.07) is 6.90. The average Bonchev–Trinajstić information content (AvgIpc) is 3.17. The van der Waals surface area contributed by atoms with Gasteiger partial charge in [0.2, 0.25) is 0 Å². The van der Waals surface area contributed by atoms with E-state index in [0.717, 1.165) is 5.76 Å². The Morgan fingerprint density at radius 1 is 1.09 bits per heavy atom. The number of nitrogens with one attached hydrogen (secondary N) is 2. The molecule has 2 N–H and O–H groups in total. The summed E-state index contributed by atoms with van der Waals surface area (Å²) in [5.74, 6) is -0.0810. The summed E-state index contributed by atoms with van der Waals surface area (Å²) < 4.78 is 10.4. The minimum absolute atomic E-state index is 0.142. The average molecular weight is 305 g/mol. The van der Waals surface area contributed by atoms with Crippen LogP contribution < -0.4 is 10.6 Å². The van der Waals surface area contributed by atoms with E-state index in [1.54, 1.807) is 24.5 Å². The Morgan fingerprint density at radius 3 is 2.36 bits per heavy atom. The Bertz CT molecular complexity index is 590. The van der Waals surface area contributed by atoms with E-state index in [1.165, 1.54) is 6.26 Å². The van der Waals surface area contributed by atoms with Crippen molar-refractivity contribution in [1.82, 2.24) is 15.5 Å². The Morgan fingerprint density at radius 2 is 1.77 bits per heavy atom. The van der Waals surface area contributed by atoms with Crippen molar-refractivity contribution in [3.8, 4) is 0 Å². The van der Waals surface area contributed by atoms with Gasteiger partial charge in [-0.2, -0.15) is 0 Å². The molecule has 2 aromatic rings. The van der Waals surface area contributed by atoms with E-state index in [2.05, 4.69) is 10.6 Å². The van der Waals surface area contributed by atoms with Crippen molar-refractivity contribution in [2.24, 2.45) is 0 Å². The molecule has 1 unspecified atom stereocenters. The first-order valence-electron chi connectivity index (χ1n) is 6.86. The molecule has 0 saturated carbocycles. The fourth-order valence-corrected chi connectivity index (χ4v) is 1.95. The minimum Gasteiger partial charge on any atom is -0.468 e. The van der Waals surface area contributed by atoms with Crippen LogP contribution in [0.2, 0.25) is 0 Å². The van der Waals surface area contributed by atoms with Gasteiger partial charge in [0, 0.05) is 6.54 Å². The Balaban J connectivity index is 1.81. The van der Waals surface area contributed by atoms with Crippen LogP contribution in [0.15, 0.2) is 45.6 Å². The molecule has 7 heteroatoms. The highest BCUT2D eigenvalue weighted by molar-refractivity contribution is 6.35. The molecule has 0 fully saturated rings. The van der Waals surface area contributed by atoms with Gasteiger partial charge in [0.05, 0.1) is 25.1 Å². The van der Waals surface area contributed by atoms with Crippen LogP contribution in [-0.4, -0.2) is 37.4 Å². The molecule has 2 amide bonds. The molecule has 0 aliphatic heterocycles. The van der Waals surface area contributed by atoms with E-state index in [-0.39, 0.29) is 19.1 Å². The SMILES string of the molecule is CN(C)C(CNC(=O)C(=O)NCc1ccco1)c1ccco1. The first-order valence-corrected chi connectivity index (χ1v) is 6.86. The van der Waals surface area contributed by atoms with Gasteiger partial charge in [-0.1, -0.05) is 0 Å². The van der Waals surface area contributed by atoms with Gasteiger partial charge in [-0.3, -0.25) is 14.5 Å². The number of amides is 2. The summed E-state index contributed by atoms with van der Waals surface area (Å²) in [6.07, 6.45) is 3.08. The fraction of sp³-hybridized carbons (Fsp3) is 0.333. The monoisotopic (exact) mass is 305 g/mol. The number of carbonyl (C=O) groups is 2. The molecule has 7 nitrogen and oxygen atoms in total. The van der Waals surface area contributed by atoms with Crippen molar-refractivity contribution in [1.29, 1.82) is 0 Å². The van der Waals surface area contributed by atoms with Crippen LogP contribution in [0.5, 0.6) is 0 Å². The largest absolute Gasteiger partial charge is 0.468 e. The first-order chi connectivity index (χ1) is 10.6. The fourth-order valence-electron chi connectivity index (χ4n) is 1.95. The van der Waals surface area contributed by atoms with Crippen LogP contribution in [0.3, 0.4) is 0 Å². The van der Waals surface area contributed by atoms with E-state index < -0.39 is 11.8 Å². The molecule has 0 bridgehead atoms. The second kappa shape index (κ2) is 7.46. The molecule has 0 spiro atoms. The highest BCUT2D eigenvalue weighted by atomic mass is 16.3. The van der Waals surface area contributed by atoms with Crippen LogP contribution in [0.25, 0.3) is 0 Å². The summed E-state index contributed by atoms with van der Waals surface area (Å²) >= 11 is 0. The van der Waals surface area contributed by atoms with Gasteiger partial charge in [-0.15, -0.1) is 0 Å². The molecule has 0 aromatic carbocycles. The number of carbonyl (C=O) groups excluding carboxylic acids is 2. The van der Waals surface area contributed by atoms with Crippen molar-refractivity contribution in [2.45, 2.75) is 12.6 Å². The minimum atomic E-state index is -0.701. The standard InChI is InChI=1S/C15H19N3O4/c1-18(2)12(13-6-4-8-22-13)10-17-15(20)14(19)16-9-11-5-3-7-21-11/h3-8,12H,9-10H2,1-2H3,(H,16,19)(H,17,20). The second-order valence-electron chi connectivity index (χ2n) is 4.97. The molecule has 2 heterocycles. The zero-order valence-electron chi connectivity index (χ0n) is 12.5. The van der Waals surface area contributed by atoms with Crippen molar-refractivity contribution in [3.05, 3.63) is 48.3 Å². The molecule has 2 aromatic heterocycles. The van der Waals surface area contributed by atoms with Crippen LogP contribution in [0.4, 0.5) is 0 Å². The predicted octanol–water partition coefficient (Wildman–Crippen LogP) is 0.908. The van der Waals surface area contributed by atoms with E-state index in [4.69, 9.17) is 8.83 Å². The smallest absolute Gasteiger partial charge is 0.309 e. The van der Waals surface area contributed by atoms with E-state index in [9.17, 15) is 9.59 Å². The lowest BCUT2D eigenvalue weighted by Crippen LogP contribution is -2.42. The van der Waals surface area contributed by atoms with Gasteiger partial charge in [0.15, 0.2) is 0 Å². The highest BCUT2D eigenvalue weighted by Gasteiger charge is 2.20. The molecule has 2 rings (SSSR count). The molecule has 22 heavy (non-hydrogen) atoms. The summed E-state index contributed by atoms with van der Waals surface area (Å²) in [5.41, 5.74) is 0. The predicted molar refractivity (Wildman–Crippen MR) is 78.7 cm³/mol. The van der Waals surface area contributed by atoms with Crippen LogP contribution in [0.1, 0.15) is 17.6 Å². The lowest BCUT2D eigenvalue weighted by Gasteiger charge is -2.22. The summed E-state index contributed by atoms with van der Waals surface area (Å²) in [5, 5.41) is 5.09. The van der Waals surface area contributed by atoms with Crippen LogP contribution >= 0.6 is 0 Å².